The van der Waals surface area contributed by atoms with Gasteiger partial charge in [-0.2, -0.15) is 0 Å². The smallest absolute Gasteiger partial charge is 0.311 e. The van der Waals surface area contributed by atoms with Crippen molar-refractivity contribution in [1.29, 1.82) is 0 Å². The molecule has 0 radical (unpaired) electrons. The molecule has 1 aliphatic heterocycles. The van der Waals surface area contributed by atoms with E-state index in [0.29, 0.717) is 19.6 Å². The minimum Gasteiger partial charge on any atom is -0.347 e. The first-order valence-electron chi connectivity index (χ1n) is 6.38. The van der Waals surface area contributed by atoms with Crippen LogP contribution in [0.25, 0.3) is 0 Å². The van der Waals surface area contributed by atoms with Crippen LogP contribution in [0.3, 0.4) is 0 Å². The monoisotopic (exact) mass is 246 g/mol. The van der Waals surface area contributed by atoms with Gasteiger partial charge in [-0.1, -0.05) is 30.3 Å². The van der Waals surface area contributed by atoms with Crippen molar-refractivity contribution in [3.63, 3.8) is 0 Å². The molecule has 0 saturated carbocycles. The van der Waals surface area contributed by atoms with Crippen LogP contribution in [0.15, 0.2) is 30.3 Å². The van der Waals surface area contributed by atoms with Crippen LogP contribution in [0.5, 0.6) is 0 Å². The number of benzene rings is 1. The van der Waals surface area contributed by atoms with E-state index in [4.69, 9.17) is 0 Å². The van der Waals surface area contributed by atoms with E-state index in [0.717, 1.165) is 24.8 Å². The Morgan fingerprint density at radius 3 is 2.44 bits per heavy atom. The van der Waals surface area contributed by atoms with Crippen LogP contribution in [0, 0.1) is 0 Å². The van der Waals surface area contributed by atoms with E-state index in [1.165, 1.54) is 0 Å². The summed E-state index contributed by atoms with van der Waals surface area (Å²) < 4.78 is 0. The fraction of sp³-hybridized carbons (Fsp3) is 0.429. The quantitative estimate of drug-likeness (QED) is 0.808. The molecule has 2 amide bonds. The molecule has 2 rings (SSSR count). The van der Waals surface area contributed by atoms with Gasteiger partial charge in [0.1, 0.15) is 0 Å². The minimum absolute atomic E-state index is 0.388. The normalized spacial score (nSPS) is 14.6. The molecule has 1 saturated heterocycles. The van der Waals surface area contributed by atoms with Gasteiger partial charge in [0, 0.05) is 19.6 Å². The molecule has 4 heteroatoms. The van der Waals surface area contributed by atoms with Crippen molar-refractivity contribution in [2.75, 3.05) is 19.6 Å². The Kier molecular flexibility index (Phi) is 4.34. The zero-order chi connectivity index (χ0) is 12.8. The topological polar surface area (TPSA) is 49.4 Å². The number of hydrogen-bond donors (Lipinski definition) is 1. The molecule has 0 atom stereocenters. The minimum atomic E-state index is -0.479. The average molecular weight is 246 g/mol. The van der Waals surface area contributed by atoms with Gasteiger partial charge in [-0.05, 0) is 24.8 Å². The van der Waals surface area contributed by atoms with Crippen molar-refractivity contribution in [3.8, 4) is 0 Å². The lowest BCUT2D eigenvalue weighted by atomic mass is 10.1. The van der Waals surface area contributed by atoms with Gasteiger partial charge < -0.3 is 10.2 Å². The molecule has 96 valence electrons. The standard InChI is InChI=1S/C14H18N2O2/c17-13(14(18)16-10-4-5-11-16)15-9-8-12-6-2-1-3-7-12/h1-3,6-7H,4-5,8-11H2,(H,15,17). The van der Waals surface area contributed by atoms with E-state index in [1.54, 1.807) is 4.90 Å². The van der Waals surface area contributed by atoms with Gasteiger partial charge in [-0.15, -0.1) is 0 Å². The van der Waals surface area contributed by atoms with Crippen LogP contribution in [-0.4, -0.2) is 36.3 Å². The summed E-state index contributed by atoms with van der Waals surface area (Å²) in [6, 6.07) is 9.90. The predicted octanol–water partition coefficient (Wildman–Crippen LogP) is 0.968. The maximum Gasteiger partial charge on any atom is 0.311 e. The number of nitrogens with one attached hydrogen (secondary N) is 1. The lowest BCUT2D eigenvalue weighted by Crippen LogP contribution is -2.42. The van der Waals surface area contributed by atoms with Gasteiger partial charge in [-0.3, -0.25) is 9.59 Å². The Bertz CT molecular complexity index is 411. The first-order valence-corrected chi connectivity index (χ1v) is 6.38. The highest BCUT2D eigenvalue weighted by molar-refractivity contribution is 6.35. The summed E-state index contributed by atoms with van der Waals surface area (Å²) in [5.74, 6) is -0.867. The zero-order valence-corrected chi connectivity index (χ0v) is 10.4. The molecule has 0 unspecified atom stereocenters. The molecule has 0 bridgehead atoms. The molecule has 1 aromatic rings. The molecule has 18 heavy (non-hydrogen) atoms. The summed E-state index contributed by atoms with van der Waals surface area (Å²) in [7, 11) is 0. The Hall–Kier alpha value is -1.84. The molecular formula is C14H18N2O2. The highest BCUT2D eigenvalue weighted by Crippen LogP contribution is 2.07. The van der Waals surface area contributed by atoms with Crippen molar-refractivity contribution in [1.82, 2.24) is 10.2 Å². The van der Waals surface area contributed by atoms with Crippen LogP contribution in [-0.2, 0) is 16.0 Å². The second kappa shape index (κ2) is 6.19. The van der Waals surface area contributed by atoms with Crippen molar-refractivity contribution in [2.45, 2.75) is 19.3 Å². The van der Waals surface area contributed by atoms with Gasteiger partial charge in [0.25, 0.3) is 0 Å². The SMILES string of the molecule is O=C(NCCc1ccccc1)C(=O)N1CCCC1. The number of carbonyl (C=O) groups is 2. The van der Waals surface area contributed by atoms with Gasteiger partial charge in [0.15, 0.2) is 0 Å². The first-order chi connectivity index (χ1) is 8.77. The van der Waals surface area contributed by atoms with Gasteiger partial charge in [0.05, 0.1) is 0 Å². The average Bonchev–Trinajstić information content (AvgIpc) is 2.93. The molecule has 1 heterocycles. The second-order valence-electron chi connectivity index (χ2n) is 4.49. The Morgan fingerprint density at radius 2 is 1.78 bits per heavy atom. The Morgan fingerprint density at radius 1 is 1.11 bits per heavy atom. The third kappa shape index (κ3) is 3.32. The summed E-state index contributed by atoms with van der Waals surface area (Å²) in [5.41, 5.74) is 1.16. The lowest BCUT2D eigenvalue weighted by molar-refractivity contribution is -0.145. The lowest BCUT2D eigenvalue weighted by Gasteiger charge is -2.14. The third-order valence-electron chi connectivity index (χ3n) is 3.13. The highest BCUT2D eigenvalue weighted by Gasteiger charge is 2.23. The second-order valence-corrected chi connectivity index (χ2v) is 4.49. The Balaban J connectivity index is 1.73. The van der Waals surface area contributed by atoms with Crippen LogP contribution in [0.2, 0.25) is 0 Å². The van der Waals surface area contributed by atoms with Crippen molar-refractivity contribution >= 4 is 11.8 Å². The molecular weight excluding hydrogens is 228 g/mol. The summed E-state index contributed by atoms with van der Waals surface area (Å²) >= 11 is 0. The maximum atomic E-state index is 11.7. The number of rotatable bonds is 3. The van der Waals surface area contributed by atoms with Crippen molar-refractivity contribution in [3.05, 3.63) is 35.9 Å². The summed E-state index contributed by atoms with van der Waals surface area (Å²) in [6.45, 7) is 1.93. The molecule has 1 aromatic carbocycles. The van der Waals surface area contributed by atoms with Crippen LogP contribution < -0.4 is 5.32 Å². The van der Waals surface area contributed by atoms with E-state index in [1.807, 2.05) is 30.3 Å². The van der Waals surface area contributed by atoms with E-state index < -0.39 is 5.91 Å². The summed E-state index contributed by atoms with van der Waals surface area (Å²) in [4.78, 5) is 24.9. The van der Waals surface area contributed by atoms with Crippen LogP contribution in [0.1, 0.15) is 18.4 Å². The molecule has 0 spiro atoms. The highest BCUT2D eigenvalue weighted by atomic mass is 16.2. The van der Waals surface area contributed by atoms with E-state index >= 15 is 0 Å². The van der Waals surface area contributed by atoms with Crippen molar-refractivity contribution in [2.24, 2.45) is 0 Å². The molecule has 1 fully saturated rings. The maximum absolute atomic E-state index is 11.7. The summed E-state index contributed by atoms with van der Waals surface area (Å²) in [6.07, 6.45) is 2.76. The first kappa shape index (κ1) is 12.6. The predicted molar refractivity (Wildman–Crippen MR) is 69.0 cm³/mol. The summed E-state index contributed by atoms with van der Waals surface area (Å²) in [5, 5.41) is 2.68. The number of likely N-dealkylation sites (tertiary alicyclic amines) is 1. The molecule has 1 aliphatic rings. The zero-order valence-electron chi connectivity index (χ0n) is 10.4. The molecule has 1 N–H and O–H groups in total. The van der Waals surface area contributed by atoms with Crippen LogP contribution >= 0.6 is 0 Å². The molecule has 4 nitrogen and oxygen atoms in total. The van der Waals surface area contributed by atoms with E-state index in [9.17, 15) is 9.59 Å². The Labute approximate surface area is 107 Å². The number of nitrogens with zero attached hydrogens (tertiary/aromatic N) is 1. The molecule has 0 aliphatic carbocycles. The fourth-order valence-corrected chi connectivity index (χ4v) is 2.10. The van der Waals surface area contributed by atoms with Crippen molar-refractivity contribution < 1.29 is 9.59 Å². The number of hydrogen-bond acceptors (Lipinski definition) is 2. The third-order valence-corrected chi connectivity index (χ3v) is 3.13. The number of amides is 2. The number of carbonyl (C=O) groups excluding carboxylic acids is 2. The van der Waals surface area contributed by atoms with Gasteiger partial charge in [0.2, 0.25) is 0 Å². The fourth-order valence-electron chi connectivity index (χ4n) is 2.10. The van der Waals surface area contributed by atoms with Gasteiger partial charge in [-0.25, -0.2) is 0 Å². The van der Waals surface area contributed by atoms with E-state index in [-0.39, 0.29) is 5.91 Å². The van der Waals surface area contributed by atoms with E-state index in [2.05, 4.69) is 5.32 Å². The largest absolute Gasteiger partial charge is 0.347 e. The molecule has 0 aromatic heterocycles. The van der Waals surface area contributed by atoms with Gasteiger partial charge >= 0.3 is 11.8 Å². The van der Waals surface area contributed by atoms with Crippen LogP contribution in [0.4, 0.5) is 0 Å².